The third-order valence-electron chi connectivity index (χ3n) is 3.50. The number of ether oxygens (including phenoxy) is 1. The van der Waals surface area contributed by atoms with Crippen LogP contribution in [0.2, 0.25) is 0 Å². The summed E-state index contributed by atoms with van der Waals surface area (Å²) >= 11 is 0. The molecule has 0 aromatic rings. The van der Waals surface area contributed by atoms with E-state index in [1.165, 1.54) is 6.42 Å². The summed E-state index contributed by atoms with van der Waals surface area (Å²) < 4.78 is 5.42. The van der Waals surface area contributed by atoms with Crippen LogP contribution in [0.25, 0.3) is 0 Å². The maximum Gasteiger partial charge on any atom is 0.410 e. The van der Waals surface area contributed by atoms with Gasteiger partial charge in [-0.15, -0.1) is 0 Å². The molecule has 0 aromatic heterocycles. The minimum absolute atomic E-state index is 0.165. The fourth-order valence-electron chi connectivity index (χ4n) is 2.45. The van der Waals surface area contributed by atoms with Crippen LogP contribution >= 0.6 is 0 Å². The number of carbonyl (C=O) groups is 1. The second-order valence-corrected chi connectivity index (χ2v) is 6.34. The summed E-state index contributed by atoms with van der Waals surface area (Å²) in [5.41, 5.74) is -0.400. The first kappa shape index (κ1) is 15.3. The maximum atomic E-state index is 12.0. The molecule has 2 unspecified atom stereocenters. The molecular weight excluding hydrogens is 228 g/mol. The van der Waals surface area contributed by atoms with Gasteiger partial charge in [0.05, 0.1) is 0 Å². The molecule has 1 aliphatic rings. The lowest BCUT2D eigenvalue weighted by Gasteiger charge is -2.37. The molecule has 0 aromatic carbocycles. The zero-order valence-electron chi connectivity index (χ0n) is 12.5. The largest absolute Gasteiger partial charge is 0.444 e. The number of nitrogens with zero attached hydrogens (tertiary/aromatic N) is 1. The van der Waals surface area contributed by atoms with Gasteiger partial charge in [0.15, 0.2) is 0 Å². The summed E-state index contributed by atoms with van der Waals surface area (Å²) in [6, 6.07) is 0. The number of piperidine rings is 1. The van der Waals surface area contributed by atoms with Gasteiger partial charge < -0.3 is 15.0 Å². The highest BCUT2D eigenvalue weighted by Gasteiger charge is 2.30. The Kier molecular flexibility index (Phi) is 5.45. The predicted molar refractivity (Wildman–Crippen MR) is 73.6 cm³/mol. The highest BCUT2D eigenvalue weighted by Crippen LogP contribution is 2.26. The Balaban J connectivity index is 2.43. The summed E-state index contributed by atoms with van der Waals surface area (Å²) in [5, 5.41) is 3.20. The zero-order chi connectivity index (χ0) is 13.8. The van der Waals surface area contributed by atoms with Gasteiger partial charge in [0.1, 0.15) is 5.60 Å². The van der Waals surface area contributed by atoms with Crippen molar-refractivity contribution in [2.45, 2.75) is 46.1 Å². The van der Waals surface area contributed by atoms with Gasteiger partial charge >= 0.3 is 6.09 Å². The Bertz CT molecular complexity index is 273. The molecule has 0 bridgehead atoms. The van der Waals surface area contributed by atoms with Crippen molar-refractivity contribution in [3.8, 4) is 0 Å². The average Bonchev–Trinajstić information content (AvgIpc) is 2.25. The van der Waals surface area contributed by atoms with Crippen LogP contribution in [-0.2, 0) is 4.74 Å². The van der Waals surface area contributed by atoms with Gasteiger partial charge in [-0.05, 0) is 59.0 Å². The van der Waals surface area contributed by atoms with Crippen molar-refractivity contribution in [2.24, 2.45) is 11.8 Å². The van der Waals surface area contributed by atoms with Crippen LogP contribution in [0.4, 0.5) is 4.79 Å². The van der Waals surface area contributed by atoms with E-state index >= 15 is 0 Å². The van der Waals surface area contributed by atoms with Crippen molar-refractivity contribution in [1.29, 1.82) is 0 Å². The molecule has 1 fully saturated rings. The molecule has 0 radical (unpaired) electrons. The quantitative estimate of drug-likeness (QED) is 0.843. The first-order valence-electron chi connectivity index (χ1n) is 6.96. The number of amides is 1. The molecule has 1 saturated heterocycles. The van der Waals surface area contributed by atoms with E-state index in [2.05, 4.69) is 12.2 Å². The van der Waals surface area contributed by atoms with Crippen molar-refractivity contribution in [3.05, 3.63) is 0 Å². The number of nitrogens with one attached hydrogen (secondary N) is 1. The molecule has 1 heterocycles. The first-order chi connectivity index (χ1) is 8.33. The molecule has 4 heteroatoms. The Hall–Kier alpha value is -0.770. The molecule has 106 valence electrons. The van der Waals surface area contributed by atoms with Gasteiger partial charge in [-0.3, -0.25) is 0 Å². The lowest BCUT2D eigenvalue weighted by Crippen LogP contribution is -2.45. The Morgan fingerprint density at radius 1 is 1.44 bits per heavy atom. The highest BCUT2D eigenvalue weighted by molar-refractivity contribution is 5.68. The van der Waals surface area contributed by atoms with E-state index in [1.54, 1.807) is 0 Å². The van der Waals surface area contributed by atoms with Crippen molar-refractivity contribution in [1.82, 2.24) is 10.2 Å². The van der Waals surface area contributed by atoms with Crippen LogP contribution in [0, 0.1) is 11.8 Å². The van der Waals surface area contributed by atoms with E-state index < -0.39 is 5.60 Å². The van der Waals surface area contributed by atoms with E-state index in [4.69, 9.17) is 4.74 Å². The van der Waals surface area contributed by atoms with Gasteiger partial charge in [-0.25, -0.2) is 4.79 Å². The van der Waals surface area contributed by atoms with Gasteiger partial charge in [-0.1, -0.05) is 6.92 Å². The van der Waals surface area contributed by atoms with Crippen molar-refractivity contribution < 1.29 is 9.53 Å². The second-order valence-electron chi connectivity index (χ2n) is 6.34. The monoisotopic (exact) mass is 256 g/mol. The van der Waals surface area contributed by atoms with Crippen molar-refractivity contribution >= 4 is 6.09 Å². The standard InChI is InChI=1S/C14H28N2O2/c1-11-10-16(13(17)18-14(2,3)4)9-7-12(11)6-8-15-5/h11-12,15H,6-10H2,1-5H3. The van der Waals surface area contributed by atoms with Gasteiger partial charge in [-0.2, -0.15) is 0 Å². The van der Waals surface area contributed by atoms with Crippen LogP contribution in [0.1, 0.15) is 40.5 Å². The molecule has 0 spiro atoms. The lowest BCUT2D eigenvalue weighted by molar-refractivity contribution is 0.0112. The number of carbonyl (C=O) groups excluding carboxylic acids is 1. The summed E-state index contributed by atoms with van der Waals surface area (Å²) in [7, 11) is 1.99. The molecule has 2 atom stereocenters. The number of likely N-dealkylation sites (tertiary alicyclic amines) is 1. The normalized spacial score (nSPS) is 25.1. The third-order valence-corrected chi connectivity index (χ3v) is 3.50. The molecular formula is C14H28N2O2. The smallest absolute Gasteiger partial charge is 0.410 e. The Labute approximate surface area is 111 Å². The molecule has 1 amide bonds. The molecule has 0 aliphatic carbocycles. The van der Waals surface area contributed by atoms with Crippen LogP contribution in [0.15, 0.2) is 0 Å². The number of hydrogen-bond acceptors (Lipinski definition) is 3. The lowest BCUT2D eigenvalue weighted by atomic mass is 9.84. The minimum atomic E-state index is -0.400. The molecule has 4 nitrogen and oxygen atoms in total. The SMILES string of the molecule is CNCCC1CCN(C(=O)OC(C)(C)C)CC1C. The van der Waals surface area contributed by atoms with Crippen LogP contribution in [0.5, 0.6) is 0 Å². The topological polar surface area (TPSA) is 41.6 Å². The van der Waals surface area contributed by atoms with Crippen LogP contribution in [-0.4, -0.2) is 43.3 Å². The average molecular weight is 256 g/mol. The fraction of sp³-hybridized carbons (Fsp3) is 0.929. The molecule has 1 N–H and O–H groups in total. The van der Waals surface area contributed by atoms with E-state index in [-0.39, 0.29) is 6.09 Å². The van der Waals surface area contributed by atoms with Gasteiger partial charge in [0.25, 0.3) is 0 Å². The third kappa shape index (κ3) is 4.84. The van der Waals surface area contributed by atoms with E-state index in [1.807, 2.05) is 32.7 Å². The van der Waals surface area contributed by atoms with E-state index in [9.17, 15) is 4.79 Å². The molecule has 1 rings (SSSR count). The Morgan fingerprint density at radius 3 is 2.61 bits per heavy atom. The predicted octanol–water partition coefficient (Wildman–Crippen LogP) is 2.49. The molecule has 1 aliphatic heterocycles. The fourth-order valence-corrected chi connectivity index (χ4v) is 2.45. The van der Waals surface area contributed by atoms with Gasteiger partial charge in [0, 0.05) is 13.1 Å². The minimum Gasteiger partial charge on any atom is -0.444 e. The first-order valence-corrected chi connectivity index (χ1v) is 6.96. The van der Waals surface area contributed by atoms with E-state index in [0.717, 1.165) is 32.0 Å². The number of hydrogen-bond donors (Lipinski definition) is 1. The zero-order valence-corrected chi connectivity index (χ0v) is 12.5. The van der Waals surface area contributed by atoms with Gasteiger partial charge in [0.2, 0.25) is 0 Å². The second kappa shape index (κ2) is 6.41. The van der Waals surface area contributed by atoms with Crippen molar-refractivity contribution in [3.63, 3.8) is 0 Å². The summed E-state index contributed by atoms with van der Waals surface area (Å²) in [6.45, 7) is 10.7. The molecule has 0 saturated carbocycles. The van der Waals surface area contributed by atoms with Crippen LogP contribution < -0.4 is 5.32 Å². The summed E-state index contributed by atoms with van der Waals surface area (Å²) in [6.07, 6.45) is 2.11. The van der Waals surface area contributed by atoms with Crippen molar-refractivity contribution in [2.75, 3.05) is 26.7 Å². The molecule has 18 heavy (non-hydrogen) atoms. The summed E-state index contributed by atoms with van der Waals surface area (Å²) in [5.74, 6) is 1.27. The summed E-state index contributed by atoms with van der Waals surface area (Å²) in [4.78, 5) is 13.8. The number of rotatable bonds is 3. The van der Waals surface area contributed by atoms with Crippen LogP contribution in [0.3, 0.4) is 0 Å². The van der Waals surface area contributed by atoms with E-state index in [0.29, 0.717) is 5.92 Å². The highest BCUT2D eigenvalue weighted by atomic mass is 16.6. The Morgan fingerprint density at radius 2 is 2.11 bits per heavy atom. The maximum absolute atomic E-state index is 12.0.